The zero-order valence-electron chi connectivity index (χ0n) is 18.3. The smallest absolute Gasteiger partial charge is 0.260 e. The maximum atomic E-state index is 13.7. The third kappa shape index (κ3) is 4.52. The van der Waals surface area contributed by atoms with Crippen LogP contribution in [0.2, 0.25) is 0 Å². The quantitative estimate of drug-likeness (QED) is 0.445. The number of rotatable bonds is 5. The Kier molecular flexibility index (Phi) is 6.03. The van der Waals surface area contributed by atoms with E-state index < -0.39 is 11.6 Å². The molecular formula is C26H22F2N4O2. The van der Waals surface area contributed by atoms with Gasteiger partial charge < -0.3 is 14.5 Å². The maximum absolute atomic E-state index is 13.7. The predicted molar refractivity (Wildman–Crippen MR) is 126 cm³/mol. The fraction of sp³-hybridized carbons (Fsp3) is 0.192. The normalized spacial score (nSPS) is 13.8. The van der Waals surface area contributed by atoms with Gasteiger partial charge in [0.05, 0.1) is 5.69 Å². The zero-order chi connectivity index (χ0) is 23.5. The average molecular weight is 460 g/mol. The standard InChI is InChI=1S/C26H22F2N4O2/c27-19-8-10-24(22(28)16-19)34-17-26(33)32-14-12-31(13-15-32)25-11-9-23(29-30-25)21-7-3-5-18-4-1-2-6-20(18)21/h1-11,16H,12-15,17H2. The Morgan fingerprint density at radius 1 is 0.882 bits per heavy atom. The number of carbonyl (C=O) groups excluding carboxylic acids is 1. The Hall–Kier alpha value is -4.07. The largest absolute Gasteiger partial charge is 0.481 e. The molecule has 1 amide bonds. The highest BCUT2D eigenvalue weighted by molar-refractivity contribution is 5.95. The fourth-order valence-electron chi connectivity index (χ4n) is 4.09. The summed E-state index contributed by atoms with van der Waals surface area (Å²) >= 11 is 0. The van der Waals surface area contributed by atoms with Gasteiger partial charge in [0.25, 0.3) is 5.91 Å². The molecule has 4 aromatic rings. The summed E-state index contributed by atoms with van der Waals surface area (Å²) < 4.78 is 31.9. The van der Waals surface area contributed by atoms with Crippen molar-refractivity contribution in [2.75, 3.05) is 37.7 Å². The van der Waals surface area contributed by atoms with E-state index in [4.69, 9.17) is 4.74 Å². The van der Waals surface area contributed by atoms with Crippen molar-refractivity contribution >= 4 is 22.5 Å². The monoisotopic (exact) mass is 460 g/mol. The minimum atomic E-state index is -0.830. The molecule has 1 saturated heterocycles. The molecule has 1 aliphatic heterocycles. The lowest BCUT2D eigenvalue weighted by Gasteiger charge is -2.35. The van der Waals surface area contributed by atoms with E-state index in [1.165, 1.54) is 6.07 Å². The van der Waals surface area contributed by atoms with E-state index in [1.807, 2.05) is 36.4 Å². The molecule has 0 radical (unpaired) electrons. The number of amides is 1. The van der Waals surface area contributed by atoms with Crippen LogP contribution < -0.4 is 9.64 Å². The molecule has 0 aliphatic carbocycles. The van der Waals surface area contributed by atoms with Gasteiger partial charge in [-0.05, 0) is 35.0 Å². The third-order valence-corrected chi connectivity index (χ3v) is 5.92. The Morgan fingerprint density at radius 3 is 2.44 bits per heavy atom. The molecule has 34 heavy (non-hydrogen) atoms. The molecule has 0 atom stereocenters. The van der Waals surface area contributed by atoms with E-state index in [1.54, 1.807) is 4.90 Å². The second kappa shape index (κ2) is 9.43. The van der Waals surface area contributed by atoms with Crippen LogP contribution in [0.25, 0.3) is 22.0 Å². The molecule has 6 nitrogen and oxygen atoms in total. The van der Waals surface area contributed by atoms with Crippen LogP contribution in [0.3, 0.4) is 0 Å². The first-order chi connectivity index (χ1) is 16.6. The number of hydrogen-bond acceptors (Lipinski definition) is 5. The van der Waals surface area contributed by atoms with Crippen LogP contribution in [0, 0.1) is 11.6 Å². The van der Waals surface area contributed by atoms with Gasteiger partial charge in [-0.1, -0.05) is 42.5 Å². The van der Waals surface area contributed by atoms with E-state index in [2.05, 4.69) is 33.3 Å². The van der Waals surface area contributed by atoms with Crippen molar-refractivity contribution in [3.05, 3.63) is 84.4 Å². The molecule has 2 heterocycles. The molecule has 1 fully saturated rings. The molecule has 5 rings (SSSR count). The second-order valence-corrected chi connectivity index (χ2v) is 8.03. The second-order valence-electron chi connectivity index (χ2n) is 8.03. The van der Waals surface area contributed by atoms with Crippen LogP contribution in [0.4, 0.5) is 14.6 Å². The van der Waals surface area contributed by atoms with Crippen molar-refractivity contribution in [1.29, 1.82) is 0 Å². The van der Waals surface area contributed by atoms with E-state index in [0.29, 0.717) is 26.2 Å². The van der Waals surface area contributed by atoms with Crippen molar-refractivity contribution in [3.8, 4) is 17.0 Å². The van der Waals surface area contributed by atoms with Crippen LogP contribution in [0.15, 0.2) is 72.8 Å². The van der Waals surface area contributed by atoms with Gasteiger partial charge in [0.15, 0.2) is 24.0 Å². The van der Waals surface area contributed by atoms with Crippen molar-refractivity contribution in [1.82, 2.24) is 15.1 Å². The predicted octanol–water partition coefficient (Wildman–Crippen LogP) is 4.30. The molecule has 172 valence electrons. The molecule has 3 aromatic carbocycles. The minimum absolute atomic E-state index is 0.144. The molecule has 0 bridgehead atoms. The molecule has 1 aliphatic rings. The fourth-order valence-corrected chi connectivity index (χ4v) is 4.09. The highest BCUT2D eigenvalue weighted by Gasteiger charge is 2.23. The van der Waals surface area contributed by atoms with Crippen LogP contribution >= 0.6 is 0 Å². The molecule has 0 N–H and O–H groups in total. The number of benzene rings is 3. The molecular weight excluding hydrogens is 438 g/mol. The lowest BCUT2D eigenvalue weighted by molar-refractivity contribution is -0.133. The average Bonchev–Trinajstić information content (AvgIpc) is 2.88. The van der Waals surface area contributed by atoms with Gasteiger partial charge in [-0.25, -0.2) is 8.78 Å². The highest BCUT2D eigenvalue weighted by atomic mass is 19.1. The minimum Gasteiger partial charge on any atom is -0.481 e. The first-order valence-corrected chi connectivity index (χ1v) is 11.0. The van der Waals surface area contributed by atoms with Crippen molar-refractivity contribution in [2.24, 2.45) is 0 Å². The molecule has 0 unspecified atom stereocenters. The van der Waals surface area contributed by atoms with Crippen LogP contribution in [0.5, 0.6) is 5.75 Å². The third-order valence-electron chi connectivity index (χ3n) is 5.92. The number of anilines is 1. The summed E-state index contributed by atoms with van der Waals surface area (Å²) in [5.41, 5.74) is 1.84. The van der Waals surface area contributed by atoms with E-state index in [-0.39, 0.29) is 18.3 Å². The van der Waals surface area contributed by atoms with E-state index >= 15 is 0 Å². The highest BCUT2D eigenvalue weighted by Crippen LogP contribution is 2.27. The summed E-state index contributed by atoms with van der Waals surface area (Å²) in [7, 11) is 0. The van der Waals surface area contributed by atoms with Gasteiger partial charge in [0.2, 0.25) is 0 Å². The van der Waals surface area contributed by atoms with Gasteiger partial charge in [-0.15, -0.1) is 10.2 Å². The van der Waals surface area contributed by atoms with Crippen LogP contribution in [-0.2, 0) is 4.79 Å². The summed E-state index contributed by atoms with van der Waals surface area (Å²) in [4.78, 5) is 16.2. The Balaban J connectivity index is 1.19. The summed E-state index contributed by atoms with van der Waals surface area (Å²) in [6.07, 6.45) is 0. The summed E-state index contributed by atoms with van der Waals surface area (Å²) in [5, 5.41) is 11.2. The van der Waals surface area contributed by atoms with Crippen LogP contribution in [0.1, 0.15) is 0 Å². The topological polar surface area (TPSA) is 58.6 Å². The molecule has 1 aromatic heterocycles. The number of piperazine rings is 1. The lowest BCUT2D eigenvalue weighted by Crippen LogP contribution is -2.50. The number of aromatic nitrogens is 2. The van der Waals surface area contributed by atoms with Gasteiger partial charge in [0, 0.05) is 37.8 Å². The number of halogens is 2. The van der Waals surface area contributed by atoms with Crippen LogP contribution in [-0.4, -0.2) is 53.8 Å². The molecule has 8 heteroatoms. The van der Waals surface area contributed by atoms with Gasteiger partial charge in [0.1, 0.15) is 5.82 Å². The summed E-state index contributed by atoms with van der Waals surface area (Å²) in [6.45, 7) is 1.86. The van der Waals surface area contributed by atoms with Gasteiger partial charge in [-0.3, -0.25) is 4.79 Å². The number of nitrogens with zero attached hydrogens (tertiary/aromatic N) is 4. The molecule has 0 spiro atoms. The van der Waals surface area contributed by atoms with E-state index in [0.717, 1.165) is 40.0 Å². The molecule has 0 saturated carbocycles. The van der Waals surface area contributed by atoms with Gasteiger partial charge in [-0.2, -0.15) is 0 Å². The van der Waals surface area contributed by atoms with Gasteiger partial charge >= 0.3 is 0 Å². The van der Waals surface area contributed by atoms with Crippen molar-refractivity contribution < 1.29 is 18.3 Å². The van der Waals surface area contributed by atoms with Crippen molar-refractivity contribution in [2.45, 2.75) is 0 Å². The number of carbonyl (C=O) groups is 1. The van der Waals surface area contributed by atoms with Crippen molar-refractivity contribution in [3.63, 3.8) is 0 Å². The summed E-state index contributed by atoms with van der Waals surface area (Å²) in [5.74, 6) is -1.17. The first-order valence-electron chi connectivity index (χ1n) is 11.0. The number of ether oxygens (including phenoxy) is 1. The number of hydrogen-bond donors (Lipinski definition) is 0. The number of fused-ring (bicyclic) bond motifs is 1. The summed E-state index contributed by atoms with van der Waals surface area (Å²) in [6, 6.07) is 21.2. The first kappa shape index (κ1) is 21.8. The Bertz CT molecular complexity index is 1320. The van der Waals surface area contributed by atoms with E-state index in [9.17, 15) is 13.6 Å². The lowest BCUT2D eigenvalue weighted by atomic mass is 10.0. The Morgan fingerprint density at radius 2 is 1.68 bits per heavy atom. The maximum Gasteiger partial charge on any atom is 0.260 e. The Labute approximate surface area is 195 Å². The zero-order valence-corrected chi connectivity index (χ0v) is 18.3. The SMILES string of the molecule is O=C(COc1ccc(F)cc1F)N1CCN(c2ccc(-c3cccc4ccccc34)nn2)CC1.